The van der Waals surface area contributed by atoms with Crippen LogP contribution in [0.2, 0.25) is 0 Å². The summed E-state index contributed by atoms with van der Waals surface area (Å²) < 4.78 is 0. The van der Waals surface area contributed by atoms with Crippen LogP contribution in [-0.4, -0.2) is 0 Å². The van der Waals surface area contributed by atoms with Crippen molar-refractivity contribution in [3.05, 3.63) is 108 Å². The first-order chi connectivity index (χ1) is 14.9. The van der Waals surface area contributed by atoms with Gasteiger partial charge in [0.25, 0.3) is 0 Å². The third-order valence-corrected chi connectivity index (χ3v) is 6.73. The van der Waals surface area contributed by atoms with Gasteiger partial charge in [-0.1, -0.05) is 111 Å². The van der Waals surface area contributed by atoms with Gasteiger partial charge in [-0.3, -0.25) is 0 Å². The smallest absolute Gasteiger partial charge is 0 e. The van der Waals surface area contributed by atoms with Crippen molar-refractivity contribution in [1.82, 2.24) is 0 Å². The van der Waals surface area contributed by atoms with E-state index in [0.717, 1.165) is 0 Å². The Balaban J connectivity index is 0.000000144. The number of hydrogen-bond donors (Lipinski definition) is 0. The fourth-order valence-corrected chi connectivity index (χ4v) is 5.00. The van der Waals surface area contributed by atoms with Crippen LogP contribution in [0.1, 0.15) is 62.5 Å². The van der Waals surface area contributed by atoms with Crippen molar-refractivity contribution in [1.29, 1.82) is 0 Å². The van der Waals surface area contributed by atoms with Gasteiger partial charge in [0.2, 0.25) is 0 Å². The Bertz CT molecular complexity index is 1030. The molecule has 0 aliphatic heterocycles. The number of benzene rings is 4. The predicted octanol–water partition coefficient (Wildman–Crippen LogP) is 8.67. The summed E-state index contributed by atoms with van der Waals surface area (Å²) in [6.07, 6.45) is 10.7. The minimum atomic E-state index is 0. The molecule has 1 radical (unpaired) electrons. The quantitative estimate of drug-likeness (QED) is 0.252. The number of fused-ring (bicyclic) bond motifs is 2. The van der Waals surface area contributed by atoms with E-state index >= 15 is 0 Å². The second kappa shape index (κ2) is 10.7. The first-order valence-electron chi connectivity index (χ1n) is 11.5. The van der Waals surface area contributed by atoms with Crippen molar-refractivity contribution < 1.29 is 32.7 Å². The summed E-state index contributed by atoms with van der Waals surface area (Å²) in [7, 11) is 0. The summed E-state index contributed by atoms with van der Waals surface area (Å²) in [6.45, 7) is 0. The summed E-state index contributed by atoms with van der Waals surface area (Å²) in [4.78, 5) is 0. The molecule has 0 unspecified atom stereocenters. The summed E-state index contributed by atoms with van der Waals surface area (Å²) in [6, 6.07) is 30.9. The van der Waals surface area contributed by atoms with Crippen molar-refractivity contribution in [2.24, 2.45) is 0 Å². The molecule has 6 rings (SSSR count). The maximum Gasteiger partial charge on any atom is 0 e. The fraction of sp³-hybridized carbons (Fsp3) is 0.267. The van der Waals surface area contributed by atoms with Gasteiger partial charge >= 0.3 is 0 Å². The second-order valence-corrected chi connectivity index (χ2v) is 8.75. The largest absolute Gasteiger partial charge is 0.188 e. The third-order valence-electron chi connectivity index (χ3n) is 6.73. The topological polar surface area (TPSA) is 0 Å². The molecule has 2 saturated carbocycles. The van der Waals surface area contributed by atoms with Crippen LogP contribution in [0.15, 0.2) is 84.9 Å². The molecule has 31 heavy (non-hydrogen) atoms. The Labute approximate surface area is 212 Å². The van der Waals surface area contributed by atoms with E-state index in [-0.39, 0.29) is 32.7 Å². The molecule has 155 valence electrons. The van der Waals surface area contributed by atoms with E-state index in [9.17, 15) is 0 Å². The molecule has 0 saturated heterocycles. The van der Waals surface area contributed by atoms with Crippen LogP contribution in [-0.2, 0) is 32.7 Å². The van der Waals surface area contributed by atoms with Crippen LogP contribution in [0.4, 0.5) is 0 Å². The van der Waals surface area contributed by atoms with Crippen molar-refractivity contribution in [2.75, 3.05) is 0 Å². The molecule has 0 spiro atoms. The third kappa shape index (κ3) is 5.36. The average molecular weight is 479 g/mol. The summed E-state index contributed by atoms with van der Waals surface area (Å²) >= 11 is 0. The zero-order valence-corrected chi connectivity index (χ0v) is 21.2. The monoisotopic (exact) mass is 479 g/mol. The first kappa shape index (κ1) is 22.4. The Morgan fingerprint density at radius 3 is 1.16 bits per heavy atom. The molecule has 0 amide bonds. The van der Waals surface area contributed by atoms with Gasteiger partial charge < -0.3 is 0 Å². The Morgan fingerprint density at radius 1 is 0.419 bits per heavy atom. The van der Waals surface area contributed by atoms with Crippen LogP contribution in [0, 0.1) is 11.8 Å². The summed E-state index contributed by atoms with van der Waals surface area (Å²) in [5, 5.41) is 5.43. The van der Waals surface area contributed by atoms with E-state index in [4.69, 9.17) is 0 Å². The number of hydrogen-bond acceptors (Lipinski definition) is 0. The molecule has 0 bridgehead atoms. The summed E-state index contributed by atoms with van der Waals surface area (Å²) in [5.41, 5.74) is 2.93. The van der Waals surface area contributed by atoms with E-state index < -0.39 is 0 Å². The van der Waals surface area contributed by atoms with E-state index in [0.29, 0.717) is 0 Å². The molecule has 0 atom stereocenters. The van der Waals surface area contributed by atoms with Gasteiger partial charge in [-0.25, -0.2) is 0 Å². The molecular formula is C30H30Y-2. The van der Waals surface area contributed by atoms with Gasteiger partial charge in [0.15, 0.2) is 0 Å². The van der Waals surface area contributed by atoms with Gasteiger partial charge in [0, 0.05) is 32.7 Å². The Hall–Kier alpha value is -1.76. The van der Waals surface area contributed by atoms with Crippen molar-refractivity contribution in [3.8, 4) is 0 Å². The minimum absolute atomic E-state index is 0. The van der Waals surface area contributed by atoms with Gasteiger partial charge in [-0.15, -0.1) is 12.1 Å². The Morgan fingerprint density at radius 2 is 0.774 bits per heavy atom. The maximum absolute atomic E-state index is 2.34. The SMILES string of the molecule is [Y].c1ccc2cc([C-]3CCCC3)ccc2c1.c1ccc2cc([C-]3CCCC3)ccc2c1. The normalized spacial score (nSPS) is 15.6. The summed E-state index contributed by atoms with van der Waals surface area (Å²) in [5.74, 6) is 3.31. The van der Waals surface area contributed by atoms with Crippen LogP contribution < -0.4 is 0 Å². The number of rotatable bonds is 2. The van der Waals surface area contributed by atoms with E-state index in [1.54, 1.807) is 11.8 Å². The predicted molar refractivity (Wildman–Crippen MR) is 130 cm³/mol. The van der Waals surface area contributed by atoms with Crippen LogP contribution in [0.25, 0.3) is 21.5 Å². The molecule has 2 fully saturated rings. The van der Waals surface area contributed by atoms with Crippen molar-refractivity contribution in [2.45, 2.75) is 51.4 Å². The molecule has 2 aliphatic carbocycles. The molecule has 1 heteroatoms. The van der Waals surface area contributed by atoms with Gasteiger partial charge in [-0.05, 0) is 10.8 Å². The zero-order chi connectivity index (χ0) is 20.2. The minimum Gasteiger partial charge on any atom is -0.188 e. The van der Waals surface area contributed by atoms with Gasteiger partial charge in [-0.2, -0.15) is 47.2 Å². The zero-order valence-electron chi connectivity index (χ0n) is 18.3. The van der Waals surface area contributed by atoms with Crippen LogP contribution >= 0.6 is 0 Å². The van der Waals surface area contributed by atoms with Crippen LogP contribution in [0.5, 0.6) is 0 Å². The molecule has 2 aliphatic rings. The van der Waals surface area contributed by atoms with Gasteiger partial charge in [0.05, 0.1) is 0 Å². The molecule has 0 nitrogen and oxygen atoms in total. The molecule has 0 heterocycles. The van der Waals surface area contributed by atoms with E-state index in [1.165, 1.54) is 84.0 Å². The van der Waals surface area contributed by atoms with Crippen molar-refractivity contribution >= 4 is 21.5 Å². The molecule has 4 aromatic carbocycles. The molecule has 0 N–H and O–H groups in total. The van der Waals surface area contributed by atoms with Crippen molar-refractivity contribution in [3.63, 3.8) is 0 Å². The average Bonchev–Trinajstić information content (AvgIpc) is 3.54. The maximum atomic E-state index is 2.34. The molecule has 4 aromatic rings. The van der Waals surface area contributed by atoms with E-state index in [2.05, 4.69) is 84.9 Å². The second-order valence-electron chi connectivity index (χ2n) is 8.75. The van der Waals surface area contributed by atoms with E-state index in [1.807, 2.05) is 0 Å². The fourth-order valence-electron chi connectivity index (χ4n) is 5.00. The molecule has 0 aromatic heterocycles. The molecular weight excluding hydrogens is 449 g/mol. The standard InChI is InChI=1S/2C15H15.Y/c2*1-2-6-12(5-1)15-10-9-13-7-3-4-8-14(13)11-15;/h2*3-4,7-11H,1-2,5-6H2;/q2*-1;. The van der Waals surface area contributed by atoms with Crippen LogP contribution in [0.3, 0.4) is 0 Å². The van der Waals surface area contributed by atoms with Gasteiger partial charge in [0.1, 0.15) is 0 Å². The first-order valence-corrected chi connectivity index (χ1v) is 11.5. The Kier molecular flexibility index (Phi) is 7.75.